The third kappa shape index (κ3) is 0.902. The summed E-state index contributed by atoms with van der Waals surface area (Å²) < 4.78 is 0. The Kier molecular flexibility index (Phi) is 1.58. The number of nitrogens with zero attached hydrogens (tertiary/aromatic N) is 2. The molecule has 12 heavy (non-hydrogen) atoms. The average Bonchev–Trinajstić information content (AvgIpc) is 2.05. The maximum Gasteiger partial charge on any atom is 0.0993 e. The van der Waals surface area contributed by atoms with Crippen LogP contribution in [0.1, 0.15) is 25.0 Å². The van der Waals surface area contributed by atoms with Gasteiger partial charge in [-0.25, -0.2) is 0 Å². The minimum atomic E-state index is -0.249. The maximum atomic E-state index is 9.00. The van der Waals surface area contributed by atoms with Gasteiger partial charge in [0.2, 0.25) is 0 Å². The molecule has 0 amide bonds. The van der Waals surface area contributed by atoms with E-state index in [4.69, 9.17) is 5.26 Å². The molecule has 1 aliphatic carbocycles. The molecule has 0 spiro atoms. The highest BCUT2D eigenvalue weighted by molar-refractivity contribution is 5.29. The van der Waals surface area contributed by atoms with Crippen molar-refractivity contribution in [3.8, 4) is 6.07 Å². The third-order valence-corrected chi connectivity index (χ3v) is 2.58. The van der Waals surface area contributed by atoms with E-state index in [9.17, 15) is 0 Å². The van der Waals surface area contributed by atoms with Gasteiger partial charge in [0.05, 0.1) is 17.2 Å². The van der Waals surface area contributed by atoms with Crippen molar-refractivity contribution in [2.75, 3.05) is 0 Å². The third-order valence-electron chi connectivity index (χ3n) is 2.58. The highest BCUT2D eigenvalue weighted by atomic mass is 14.7. The van der Waals surface area contributed by atoms with E-state index in [0.29, 0.717) is 0 Å². The second-order valence-electron chi connectivity index (χ2n) is 3.26. The van der Waals surface area contributed by atoms with Crippen LogP contribution in [0.4, 0.5) is 0 Å². The molecule has 2 nitrogen and oxygen atoms in total. The molecule has 0 aromatic carbocycles. The van der Waals surface area contributed by atoms with Gasteiger partial charge in [-0.05, 0) is 31.4 Å². The molecule has 0 saturated heterocycles. The summed E-state index contributed by atoms with van der Waals surface area (Å²) in [5, 5.41) is 9.00. The fourth-order valence-corrected chi connectivity index (χ4v) is 1.60. The van der Waals surface area contributed by atoms with Crippen molar-refractivity contribution in [1.29, 1.82) is 5.26 Å². The van der Waals surface area contributed by atoms with Crippen LogP contribution in [0, 0.1) is 11.3 Å². The lowest BCUT2D eigenvalue weighted by Crippen LogP contribution is -2.33. The first kappa shape index (κ1) is 7.30. The summed E-state index contributed by atoms with van der Waals surface area (Å²) in [6.45, 7) is 0. The van der Waals surface area contributed by atoms with Gasteiger partial charge in [-0.2, -0.15) is 5.26 Å². The van der Waals surface area contributed by atoms with Crippen LogP contribution in [0.2, 0.25) is 0 Å². The summed E-state index contributed by atoms with van der Waals surface area (Å²) in [7, 11) is 0. The van der Waals surface area contributed by atoms with Crippen molar-refractivity contribution in [1.82, 2.24) is 4.98 Å². The summed E-state index contributed by atoms with van der Waals surface area (Å²) >= 11 is 0. The Bertz CT molecular complexity index is 306. The number of nitriles is 1. The van der Waals surface area contributed by atoms with Crippen LogP contribution in [-0.4, -0.2) is 4.98 Å². The highest BCUT2D eigenvalue weighted by Gasteiger charge is 2.39. The van der Waals surface area contributed by atoms with Gasteiger partial charge in [0.25, 0.3) is 0 Å². The molecule has 0 unspecified atom stereocenters. The minimum absolute atomic E-state index is 0.249. The predicted molar refractivity (Wildman–Crippen MR) is 45.4 cm³/mol. The molecule has 1 aromatic rings. The van der Waals surface area contributed by atoms with E-state index < -0.39 is 0 Å². The van der Waals surface area contributed by atoms with Gasteiger partial charge in [0.1, 0.15) is 0 Å². The van der Waals surface area contributed by atoms with E-state index in [0.717, 1.165) is 25.0 Å². The molecule has 0 radical (unpaired) electrons. The molecular weight excluding hydrogens is 148 g/mol. The van der Waals surface area contributed by atoms with Gasteiger partial charge in [0.15, 0.2) is 0 Å². The van der Waals surface area contributed by atoms with Crippen LogP contribution in [0.25, 0.3) is 0 Å². The molecule has 2 rings (SSSR count). The quantitative estimate of drug-likeness (QED) is 0.627. The Balaban J connectivity index is 2.36. The van der Waals surface area contributed by atoms with E-state index in [-0.39, 0.29) is 5.41 Å². The summed E-state index contributed by atoms with van der Waals surface area (Å²) in [4.78, 5) is 4.22. The smallest absolute Gasteiger partial charge is 0.0993 e. The van der Waals surface area contributed by atoms with Crippen molar-refractivity contribution < 1.29 is 0 Å². The number of rotatable bonds is 1. The molecule has 0 aliphatic heterocycles. The average molecular weight is 158 g/mol. The van der Waals surface area contributed by atoms with Crippen molar-refractivity contribution >= 4 is 0 Å². The van der Waals surface area contributed by atoms with E-state index >= 15 is 0 Å². The summed E-state index contributed by atoms with van der Waals surface area (Å²) in [5.41, 5.74) is 0.695. The van der Waals surface area contributed by atoms with Crippen LogP contribution in [0.15, 0.2) is 24.4 Å². The zero-order chi connectivity index (χ0) is 8.44. The largest absolute Gasteiger partial charge is 0.260 e. The van der Waals surface area contributed by atoms with Gasteiger partial charge in [-0.1, -0.05) is 6.07 Å². The molecule has 1 fully saturated rings. The van der Waals surface area contributed by atoms with Crippen molar-refractivity contribution in [3.05, 3.63) is 30.1 Å². The SMILES string of the molecule is N#CC1(c2ccccn2)CCC1. The fourth-order valence-electron chi connectivity index (χ4n) is 1.60. The number of aromatic nitrogens is 1. The molecule has 1 aromatic heterocycles. The first-order valence-electron chi connectivity index (χ1n) is 4.20. The van der Waals surface area contributed by atoms with Crippen LogP contribution in [0.3, 0.4) is 0 Å². The van der Waals surface area contributed by atoms with E-state index in [1.807, 2.05) is 18.2 Å². The normalized spacial score (nSPS) is 19.2. The monoisotopic (exact) mass is 158 g/mol. The molecule has 1 saturated carbocycles. The van der Waals surface area contributed by atoms with E-state index in [2.05, 4.69) is 11.1 Å². The Morgan fingerprint density at radius 3 is 2.67 bits per heavy atom. The van der Waals surface area contributed by atoms with Crippen LogP contribution in [-0.2, 0) is 5.41 Å². The standard InChI is InChI=1S/C10H10N2/c11-8-10(5-3-6-10)9-4-1-2-7-12-9/h1-2,4,7H,3,5-6H2. The van der Waals surface area contributed by atoms with Crippen LogP contribution in [0.5, 0.6) is 0 Å². The van der Waals surface area contributed by atoms with Crippen LogP contribution < -0.4 is 0 Å². The zero-order valence-corrected chi connectivity index (χ0v) is 6.83. The highest BCUT2D eigenvalue weighted by Crippen LogP contribution is 2.41. The van der Waals surface area contributed by atoms with Gasteiger partial charge in [-0.15, -0.1) is 0 Å². The lowest BCUT2D eigenvalue weighted by atomic mass is 9.67. The Hall–Kier alpha value is -1.36. The Morgan fingerprint density at radius 2 is 2.25 bits per heavy atom. The summed E-state index contributed by atoms with van der Waals surface area (Å²) in [6, 6.07) is 8.14. The van der Waals surface area contributed by atoms with Gasteiger partial charge in [-0.3, -0.25) is 4.98 Å². The number of hydrogen-bond donors (Lipinski definition) is 0. The Morgan fingerprint density at radius 1 is 1.42 bits per heavy atom. The molecule has 2 heteroatoms. The first-order chi connectivity index (χ1) is 5.87. The fraction of sp³-hybridized carbons (Fsp3) is 0.400. The first-order valence-corrected chi connectivity index (χ1v) is 4.20. The number of hydrogen-bond acceptors (Lipinski definition) is 2. The van der Waals surface area contributed by atoms with Gasteiger partial charge in [0, 0.05) is 6.20 Å². The molecular formula is C10H10N2. The van der Waals surface area contributed by atoms with Gasteiger partial charge < -0.3 is 0 Å². The molecule has 0 bridgehead atoms. The Labute approximate surface area is 71.9 Å². The topological polar surface area (TPSA) is 36.7 Å². The minimum Gasteiger partial charge on any atom is -0.260 e. The second kappa shape index (κ2) is 2.60. The predicted octanol–water partition coefficient (Wildman–Crippen LogP) is 2.03. The summed E-state index contributed by atoms with van der Waals surface area (Å²) in [5.74, 6) is 0. The van der Waals surface area contributed by atoms with E-state index in [1.165, 1.54) is 0 Å². The lowest BCUT2D eigenvalue weighted by molar-refractivity contribution is 0.316. The van der Waals surface area contributed by atoms with Crippen molar-refractivity contribution in [2.45, 2.75) is 24.7 Å². The molecule has 1 aliphatic rings. The molecule has 60 valence electrons. The van der Waals surface area contributed by atoms with Gasteiger partial charge >= 0.3 is 0 Å². The summed E-state index contributed by atoms with van der Waals surface area (Å²) in [6.07, 6.45) is 4.86. The number of pyridine rings is 1. The lowest BCUT2D eigenvalue weighted by Gasteiger charge is -2.34. The molecule has 1 heterocycles. The maximum absolute atomic E-state index is 9.00. The second-order valence-corrected chi connectivity index (χ2v) is 3.26. The van der Waals surface area contributed by atoms with Crippen LogP contribution >= 0.6 is 0 Å². The van der Waals surface area contributed by atoms with Crippen molar-refractivity contribution in [3.63, 3.8) is 0 Å². The van der Waals surface area contributed by atoms with E-state index in [1.54, 1.807) is 6.20 Å². The zero-order valence-electron chi connectivity index (χ0n) is 6.83. The van der Waals surface area contributed by atoms with Crippen molar-refractivity contribution in [2.24, 2.45) is 0 Å². The molecule has 0 N–H and O–H groups in total. The molecule has 0 atom stereocenters.